The van der Waals surface area contributed by atoms with Crippen LogP contribution in [0.5, 0.6) is 0 Å². The topological polar surface area (TPSA) is 12.9 Å². The van der Waals surface area contributed by atoms with Gasteiger partial charge in [-0.2, -0.15) is 0 Å². The van der Waals surface area contributed by atoms with E-state index in [9.17, 15) is 12.9 Å². The van der Waals surface area contributed by atoms with Crippen molar-refractivity contribution < 1.29 is 64.3 Å². The molecule has 72 valence electrons. The van der Waals surface area contributed by atoms with Crippen molar-refractivity contribution in [3.63, 3.8) is 0 Å². The number of pyridine rings is 1. The van der Waals surface area contributed by atoms with E-state index in [1.165, 1.54) is 12.3 Å². The maximum Gasteiger partial charge on any atom is 1.00 e. The summed E-state index contributed by atoms with van der Waals surface area (Å²) >= 11 is 0. The molecule has 6 heteroatoms. The van der Waals surface area contributed by atoms with Gasteiger partial charge in [0, 0.05) is 11.7 Å². The Bertz CT molecular complexity index is 467. The molecular formula is C9H6BF3KN. The SMILES string of the molecule is F[B-](F)(F)c1cccc2cccnc12.[K+]. The molecule has 2 rings (SSSR count). The number of aromatic nitrogens is 1. The molecule has 0 amide bonds. The van der Waals surface area contributed by atoms with Gasteiger partial charge in [0.1, 0.15) is 0 Å². The summed E-state index contributed by atoms with van der Waals surface area (Å²) in [6.45, 7) is -4.98. The predicted octanol–water partition coefficient (Wildman–Crippen LogP) is -0.707. The molecule has 0 atom stereocenters. The van der Waals surface area contributed by atoms with Crippen molar-refractivity contribution >= 4 is 23.3 Å². The van der Waals surface area contributed by atoms with E-state index in [0.717, 1.165) is 6.07 Å². The molecule has 1 aromatic carbocycles. The molecule has 0 aliphatic heterocycles. The zero-order valence-electron chi connectivity index (χ0n) is 8.12. The zero-order chi connectivity index (χ0) is 10.2. The molecule has 15 heavy (non-hydrogen) atoms. The van der Waals surface area contributed by atoms with Crippen LogP contribution < -0.4 is 56.8 Å². The summed E-state index contributed by atoms with van der Waals surface area (Å²) in [6, 6.07) is 7.32. The van der Waals surface area contributed by atoms with Gasteiger partial charge in [-0.15, -0.1) is 0 Å². The molecule has 0 radical (unpaired) electrons. The van der Waals surface area contributed by atoms with Crippen molar-refractivity contribution in [2.24, 2.45) is 0 Å². The van der Waals surface area contributed by atoms with Gasteiger partial charge in [-0.25, -0.2) is 0 Å². The van der Waals surface area contributed by atoms with Crippen LogP contribution in [0.2, 0.25) is 0 Å². The molecule has 1 nitrogen and oxygen atoms in total. The van der Waals surface area contributed by atoms with Crippen LogP contribution in [0, 0.1) is 0 Å². The van der Waals surface area contributed by atoms with Crippen molar-refractivity contribution in [3.05, 3.63) is 36.5 Å². The first-order chi connectivity index (χ1) is 6.59. The van der Waals surface area contributed by atoms with Crippen LogP contribution in [-0.4, -0.2) is 12.0 Å². The van der Waals surface area contributed by atoms with Gasteiger partial charge in [0.15, 0.2) is 0 Å². The van der Waals surface area contributed by atoms with Crippen LogP contribution in [0.3, 0.4) is 0 Å². The largest absolute Gasteiger partial charge is 1.00 e. The van der Waals surface area contributed by atoms with E-state index >= 15 is 0 Å². The van der Waals surface area contributed by atoms with E-state index in [1.54, 1.807) is 18.2 Å². The summed E-state index contributed by atoms with van der Waals surface area (Å²) in [5.74, 6) is 0. The number of rotatable bonds is 1. The van der Waals surface area contributed by atoms with Crippen molar-refractivity contribution in [2.45, 2.75) is 0 Å². The smallest absolute Gasteiger partial charge is 0.445 e. The number of para-hydroxylation sites is 1. The number of nitrogens with zero attached hydrogens (tertiary/aromatic N) is 1. The van der Waals surface area contributed by atoms with Gasteiger partial charge >= 0.3 is 58.4 Å². The Morgan fingerprint density at radius 3 is 2.33 bits per heavy atom. The first kappa shape index (κ1) is 13.2. The van der Waals surface area contributed by atoms with Crippen molar-refractivity contribution in [1.82, 2.24) is 4.98 Å². The van der Waals surface area contributed by atoms with Gasteiger partial charge < -0.3 is 12.9 Å². The fourth-order valence-electron chi connectivity index (χ4n) is 1.39. The van der Waals surface area contributed by atoms with Gasteiger partial charge in [0.25, 0.3) is 0 Å². The van der Waals surface area contributed by atoms with E-state index in [-0.39, 0.29) is 56.9 Å². The average Bonchev–Trinajstić information content (AvgIpc) is 2.15. The maximum atomic E-state index is 12.5. The van der Waals surface area contributed by atoms with Crippen LogP contribution in [0.4, 0.5) is 12.9 Å². The van der Waals surface area contributed by atoms with E-state index < -0.39 is 12.4 Å². The maximum absolute atomic E-state index is 12.5. The normalized spacial score (nSPS) is 11.1. The average molecular weight is 235 g/mol. The fraction of sp³-hybridized carbons (Fsp3) is 0. The Balaban J connectivity index is 0.00000112. The summed E-state index contributed by atoms with van der Waals surface area (Å²) in [4.78, 5) is 3.74. The minimum atomic E-state index is -4.98. The van der Waals surface area contributed by atoms with Crippen LogP contribution >= 0.6 is 0 Å². The monoisotopic (exact) mass is 235 g/mol. The summed E-state index contributed by atoms with van der Waals surface area (Å²) in [5.41, 5.74) is -0.592. The van der Waals surface area contributed by atoms with Gasteiger partial charge in [0.05, 0.1) is 0 Å². The van der Waals surface area contributed by atoms with Crippen LogP contribution in [0.1, 0.15) is 0 Å². The molecule has 0 aliphatic carbocycles. The number of halogens is 3. The van der Waals surface area contributed by atoms with E-state index in [0.29, 0.717) is 5.39 Å². The van der Waals surface area contributed by atoms with E-state index in [4.69, 9.17) is 0 Å². The van der Waals surface area contributed by atoms with Crippen molar-refractivity contribution in [3.8, 4) is 0 Å². The molecule has 0 bridgehead atoms. The Morgan fingerprint density at radius 1 is 1.00 bits per heavy atom. The summed E-state index contributed by atoms with van der Waals surface area (Å²) in [5, 5.41) is 0.518. The quantitative estimate of drug-likeness (QED) is 0.595. The van der Waals surface area contributed by atoms with E-state index in [2.05, 4.69) is 4.98 Å². The molecular weight excluding hydrogens is 229 g/mol. The molecule has 0 aliphatic rings. The predicted molar refractivity (Wildman–Crippen MR) is 50.5 cm³/mol. The second-order valence-corrected chi connectivity index (χ2v) is 3.00. The minimum absolute atomic E-state index is 0. The molecule has 0 spiro atoms. The Morgan fingerprint density at radius 2 is 1.67 bits per heavy atom. The Hall–Kier alpha value is 0.121. The molecule has 0 fully saturated rings. The van der Waals surface area contributed by atoms with Crippen LogP contribution in [0.25, 0.3) is 10.9 Å². The van der Waals surface area contributed by atoms with Gasteiger partial charge in [0.2, 0.25) is 0 Å². The fourth-order valence-corrected chi connectivity index (χ4v) is 1.39. The minimum Gasteiger partial charge on any atom is -0.445 e. The van der Waals surface area contributed by atoms with Crippen LogP contribution in [0.15, 0.2) is 36.5 Å². The van der Waals surface area contributed by atoms with Crippen LogP contribution in [-0.2, 0) is 0 Å². The first-order valence-corrected chi connectivity index (χ1v) is 4.12. The van der Waals surface area contributed by atoms with Gasteiger partial charge in [-0.3, -0.25) is 4.98 Å². The van der Waals surface area contributed by atoms with Gasteiger partial charge in [-0.1, -0.05) is 29.7 Å². The molecule has 0 unspecified atom stereocenters. The zero-order valence-corrected chi connectivity index (χ0v) is 11.2. The standard InChI is InChI=1S/C9H6BF3N.K/c11-10(12,13)8-5-1-3-7-4-2-6-14-9(7)8;/h1-6H;/q-1;+1. The second kappa shape index (κ2) is 4.97. The molecule has 1 aromatic heterocycles. The van der Waals surface area contributed by atoms with Crippen molar-refractivity contribution in [1.29, 1.82) is 0 Å². The third-order valence-corrected chi connectivity index (χ3v) is 2.02. The number of hydrogen-bond donors (Lipinski definition) is 0. The molecule has 1 heterocycles. The molecule has 0 saturated carbocycles. The molecule has 0 saturated heterocycles. The summed E-state index contributed by atoms with van der Waals surface area (Å²) in [7, 11) is 0. The van der Waals surface area contributed by atoms with Gasteiger partial charge in [-0.05, 0) is 11.5 Å². The molecule has 2 aromatic rings. The molecule has 0 N–H and O–H groups in total. The number of benzene rings is 1. The number of fused-ring (bicyclic) bond motifs is 1. The first-order valence-electron chi connectivity index (χ1n) is 4.12. The van der Waals surface area contributed by atoms with E-state index in [1.807, 2.05) is 0 Å². The Labute approximate surface area is 128 Å². The third kappa shape index (κ3) is 2.82. The van der Waals surface area contributed by atoms with Crippen molar-refractivity contribution in [2.75, 3.05) is 0 Å². The Kier molecular flexibility index (Phi) is 4.37. The summed E-state index contributed by atoms with van der Waals surface area (Å²) in [6.07, 6.45) is 1.37. The second-order valence-electron chi connectivity index (χ2n) is 3.00. The number of hydrogen-bond acceptors (Lipinski definition) is 1. The summed E-state index contributed by atoms with van der Waals surface area (Å²) < 4.78 is 37.6. The third-order valence-electron chi connectivity index (χ3n) is 2.02.